The summed E-state index contributed by atoms with van der Waals surface area (Å²) < 4.78 is 31.5. The van der Waals surface area contributed by atoms with E-state index in [9.17, 15) is 13.2 Å². The van der Waals surface area contributed by atoms with Crippen molar-refractivity contribution < 1.29 is 17.9 Å². The molecule has 0 N–H and O–H groups in total. The van der Waals surface area contributed by atoms with Crippen molar-refractivity contribution in [2.75, 3.05) is 20.0 Å². The molecule has 3 aromatic rings. The van der Waals surface area contributed by atoms with Crippen LogP contribution in [-0.4, -0.2) is 38.9 Å². The van der Waals surface area contributed by atoms with Crippen molar-refractivity contribution in [2.24, 2.45) is 4.99 Å². The van der Waals surface area contributed by atoms with Crippen LogP contribution in [0.1, 0.15) is 12.0 Å². The predicted octanol–water partition coefficient (Wildman–Crippen LogP) is 2.81. The molecule has 3 rings (SSSR count). The van der Waals surface area contributed by atoms with Gasteiger partial charge < -0.3 is 9.30 Å². The molecular formula is C20H22N2O4S2. The molecule has 148 valence electrons. The van der Waals surface area contributed by atoms with Crippen LogP contribution in [0.3, 0.4) is 0 Å². The molecule has 1 amide bonds. The Kier molecular flexibility index (Phi) is 6.43. The third kappa shape index (κ3) is 4.95. The topological polar surface area (TPSA) is 77.7 Å². The van der Waals surface area contributed by atoms with E-state index >= 15 is 0 Å². The first-order valence-corrected chi connectivity index (χ1v) is 11.5. The molecule has 0 saturated carbocycles. The summed E-state index contributed by atoms with van der Waals surface area (Å²) in [6.07, 6.45) is 2.13. The lowest BCUT2D eigenvalue weighted by atomic mass is 10.1. The standard InChI is InChI=1S/C20H22N2O4S2/c1-26-13-12-22-17-10-9-16(28(2,24)25)14-18(17)27-20(22)21-19(23)11-8-15-6-4-3-5-7-15/h3-7,9-10,14H,8,11-13H2,1-2H3. The van der Waals surface area contributed by atoms with E-state index in [0.29, 0.717) is 30.8 Å². The van der Waals surface area contributed by atoms with E-state index in [1.165, 1.54) is 17.6 Å². The minimum absolute atomic E-state index is 0.204. The van der Waals surface area contributed by atoms with Crippen molar-refractivity contribution in [2.45, 2.75) is 24.3 Å². The maximum atomic E-state index is 12.4. The van der Waals surface area contributed by atoms with E-state index in [-0.39, 0.29) is 10.8 Å². The lowest BCUT2D eigenvalue weighted by molar-refractivity contribution is -0.118. The molecule has 0 atom stereocenters. The number of fused-ring (bicyclic) bond motifs is 1. The van der Waals surface area contributed by atoms with Gasteiger partial charge in [-0.2, -0.15) is 4.99 Å². The molecule has 28 heavy (non-hydrogen) atoms. The smallest absolute Gasteiger partial charge is 0.248 e. The van der Waals surface area contributed by atoms with Gasteiger partial charge in [0.1, 0.15) is 0 Å². The number of carbonyl (C=O) groups excluding carboxylic acids is 1. The summed E-state index contributed by atoms with van der Waals surface area (Å²) in [6, 6.07) is 14.8. The molecule has 0 radical (unpaired) electrons. The molecule has 0 fully saturated rings. The molecule has 0 aliphatic heterocycles. The molecule has 0 unspecified atom stereocenters. The number of aromatic nitrogens is 1. The fourth-order valence-corrected chi connectivity index (χ4v) is 4.66. The number of nitrogens with zero attached hydrogens (tertiary/aromatic N) is 2. The van der Waals surface area contributed by atoms with Crippen molar-refractivity contribution in [3.63, 3.8) is 0 Å². The molecule has 2 aromatic carbocycles. The number of ether oxygens (including phenoxy) is 1. The normalized spacial score (nSPS) is 12.6. The molecule has 0 spiro atoms. The average molecular weight is 419 g/mol. The summed E-state index contributed by atoms with van der Waals surface area (Å²) in [4.78, 5) is 17.5. The molecule has 0 bridgehead atoms. The van der Waals surface area contributed by atoms with Crippen LogP contribution >= 0.6 is 11.3 Å². The van der Waals surface area contributed by atoms with Gasteiger partial charge in [-0.1, -0.05) is 41.7 Å². The van der Waals surface area contributed by atoms with E-state index in [1.54, 1.807) is 25.3 Å². The van der Waals surface area contributed by atoms with E-state index in [1.807, 2.05) is 34.9 Å². The number of amides is 1. The van der Waals surface area contributed by atoms with Crippen molar-refractivity contribution in [1.29, 1.82) is 0 Å². The lowest BCUT2D eigenvalue weighted by Crippen LogP contribution is -2.19. The quantitative estimate of drug-likeness (QED) is 0.591. The van der Waals surface area contributed by atoms with Gasteiger partial charge >= 0.3 is 0 Å². The van der Waals surface area contributed by atoms with Gasteiger partial charge in [0, 0.05) is 26.3 Å². The van der Waals surface area contributed by atoms with Crippen molar-refractivity contribution in [1.82, 2.24) is 4.57 Å². The van der Waals surface area contributed by atoms with Gasteiger partial charge in [-0.3, -0.25) is 4.79 Å². The fourth-order valence-electron chi connectivity index (χ4n) is 2.83. The monoisotopic (exact) mass is 418 g/mol. The van der Waals surface area contributed by atoms with Crippen molar-refractivity contribution >= 4 is 37.3 Å². The number of rotatable bonds is 7. The van der Waals surface area contributed by atoms with E-state index in [2.05, 4.69) is 4.99 Å². The SMILES string of the molecule is COCCn1c(=NC(=O)CCc2ccccc2)sc2cc(S(C)(=O)=O)ccc21. The third-order valence-corrected chi connectivity index (χ3v) is 6.44. The van der Waals surface area contributed by atoms with Crippen LogP contribution in [0.4, 0.5) is 0 Å². The van der Waals surface area contributed by atoms with Crippen LogP contribution in [0.25, 0.3) is 10.2 Å². The first-order valence-electron chi connectivity index (χ1n) is 8.82. The number of benzene rings is 2. The molecule has 0 saturated heterocycles. The highest BCUT2D eigenvalue weighted by atomic mass is 32.2. The summed E-state index contributed by atoms with van der Waals surface area (Å²) in [6.45, 7) is 0.991. The number of methoxy groups -OCH3 is 1. The second-order valence-corrected chi connectivity index (χ2v) is 9.45. The van der Waals surface area contributed by atoms with Gasteiger partial charge in [-0.25, -0.2) is 8.42 Å². The van der Waals surface area contributed by atoms with Crippen LogP contribution in [0.5, 0.6) is 0 Å². The van der Waals surface area contributed by atoms with Crippen LogP contribution in [-0.2, 0) is 32.3 Å². The number of thiazole rings is 1. The Hall–Kier alpha value is -2.29. The van der Waals surface area contributed by atoms with E-state index < -0.39 is 9.84 Å². The van der Waals surface area contributed by atoms with E-state index in [4.69, 9.17) is 4.74 Å². The summed E-state index contributed by atoms with van der Waals surface area (Å²) in [5, 5.41) is 0. The Morgan fingerprint density at radius 2 is 1.93 bits per heavy atom. The minimum atomic E-state index is -3.30. The van der Waals surface area contributed by atoms with Gasteiger partial charge in [-0.15, -0.1) is 0 Å². The van der Waals surface area contributed by atoms with Crippen LogP contribution in [0.2, 0.25) is 0 Å². The highest BCUT2D eigenvalue weighted by Crippen LogP contribution is 2.22. The van der Waals surface area contributed by atoms with Gasteiger partial charge in [0.2, 0.25) is 5.91 Å². The highest BCUT2D eigenvalue weighted by molar-refractivity contribution is 7.90. The Balaban J connectivity index is 1.95. The van der Waals surface area contributed by atoms with Crippen LogP contribution in [0.15, 0.2) is 58.4 Å². The minimum Gasteiger partial charge on any atom is -0.383 e. The number of hydrogen-bond donors (Lipinski definition) is 0. The van der Waals surface area contributed by atoms with Crippen molar-refractivity contribution in [3.05, 3.63) is 58.9 Å². The van der Waals surface area contributed by atoms with Crippen molar-refractivity contribution in [3.8, 4) is 0 Å². The van der Waals surface area contributed by atoms with Gasteiger partial charge in [0.25, 0.3) is 0 Å². The zero-order valence-corrected chi connectivity index (χ0v) is 17.4. The average Bonchev–Trinajstić information content (AvgIpc) is 3.01. The Morgan fingerprint density at radius 1 is 1.18 bits per heavy atom. The zero-order valence-electron chi connectivity index (χ0n) is 15.8. The van der Waals surface area contributed by atoms with Crippen LogP contribution in [0, 0.1) is 0 Å². The molecule has 1 aromatic heterocycles. The fraction of sp³-hybridized carbons (Fsp3) is 0.300. The molecule has 0 aliphatic rings. The molecule has 0 aliphatic carbocycles. The number of aryl methyl sites for hydroxylation is 1. The third-order valence-electron chi connectivity index (χ3n) is 4.29. The summed E-state index contributed by atoms with van der Waals surface area (Å²) >= 11 is 1.31. The number of carbonyl (C=O) groups is 1. The molecule has 6 nitrogen and oxygen atoms in total. The second kappa shape index (κ2) is 8.81. The largest absolute Gasteiger partial charge is 0.383 e. The van der Waals surface area contributed by atoms with Gasteiger partial charge in [-0.05, 0) is 30.2 Å². The van der Waals surface area contributed by atoms with E-state index in [0.717, 1.165) is 15.8 Å². The maximum absolute atomic E-state index is 12.4. The Morgan fingerprint density at radius 3 is 2.61 bits per heavy atom. The summed E-state index contributed by atoms with van der Waals surface area (Å²) in [5.41, 5.74) is 1.93. The summed E-state index contributed by atoms with van der Waals surface area (Å²) in [7, 11) is -1.69. The molecular weight excluding hydrogens is 396 g/mol. The first-order chi connectivity index (χ1) is 13.4. The number of sulfone groups is 1. The zero-order chi connectivity index (χ0) is 20.1. The number of hydrogen-bond acceptors (Lipinski definition) is 5. The highest BCUT2D eigenvalue weighted by Gasteiger charge is 2.13. The predicted molar refractivity (Wildman–Crippen MR) is 110 cm³/mol. The van der Waals surface area contributed by atoms with Gasteiger partial charge in [0.15, 0.2) is 14.6 Å². The Bertz CT molecular complexity index is 1150. The van der Waals surface area contributed by atoms with Crippen LogP contribution < -0.4 is 4.80 Å². The second-order valence-electron chi connectivity index (χ2n) is 6.42. The lowest BCUT2D eigenvalue weighted by Gasteiger charge is -2.05. The summed E-state index contributed by atoms with van der Waals surface area (Å²) in [5.74, 6) is -0.204. The molecule has 1 heterocycles. The maximum Gasteiger partial charge on any atom is 0.248 e. The molecule has 8 heteroatoms. The van der Waals surface area contributed by atoms with Gasteiger partial charge in [0.05, 0.1) is 21.7 Å². The first kappa shape index (κ1) is 20.4. The Labute approximate surface area is 168 Å².